The van der Waals surface area contributed by atoms with Gasteiger partial charge in [-0.15, -0.1) is 0 Å². The van der Waals surface area contributed by atoms with Crippen molar-refractivity contribution in [2.24, 2.45) is 0 Å². The van der Waals surface area contributed by atoms with Gasteiger partial charge in [-0.2, -0.15) is 9.36 Å². The molecule has 0 N–H and O–H groups in total. The maximum atomic E-state index is 12.2. The van der Waals surface area contributed by atoms with E-state index in [4.69, 9.17) is 16.3 Å². The highest BCUT2D eigenvalue weighted by molar-refractivity contribution is 6.30. The van der Waals surface area contributed by atoms with Gasteiger partial charge in [0.25, 0.3) is 0 Å². The summed E-state index contributed by atoms with van der Waals surface area (Å²) in [6.45, 7) is 0.603. The Morgan fingerprint density at radius 3 is 2.64 bits per heavy atom. The Balaban J connectivity index is 1.67. The van der Waals surface area contributed by atoms with Gasteiger partial charge in [0, 0.05) is 5.02 Å². The predicted molar refractivity (Wildman–Crippen MR) is 82.6 cm³/mol. The second-order valence-corrected chi connectivity index (χ2v) is 4.97. The zero-order chi connectivity index (χ0) is 15.4. The minimum Gasteiger partial charge on any atom is -0.492 e. The summed E-state index contributed by atoms with van der Waals surface area (Å²) >= 11 is 5.88. The molecule has 22 heavy (non-hydrogen) atoms. The largest absolute Gasteiger partial charge is 0.492 e. The van der Waals surface area contributed by atoms with Crippen LogP contribution in [0.15, 0.2) is 59.4 Å². The number of halogens is 1. The van der Waals surface area contributed by atoms with Crippen LogP contribution in [0.4, 0.5) is 0 Å². The zero-order valence-corrected chi connectivity index (χ0v) is 12.3. The Bertz CT molecular complexity index is 814. The molecule has 112 valence electrons. The Kier molecular flexibility index (Phi) is 4.20. The topological polar surface area (TPSA) is 61.9 Å². The molecule has 7 heteroatoms. The average Bonchev–Trinajstić information content (AvgIpc) is 2.89. The van der Waals surface area contributed by atoms with Gasteiger partial charge in [-0.05, 0) is 40.8 Å². The fourth-order valence-electron chi connectivity index (χ4n) is 1.95. The van der Waals surface area contributed by atoms with Gasteiger partial charge in [-0.1, -0.05) is 35.9 Å². The van der Waals surface area contributed by atoms with Gasteiger partial charge in [0.15, 0.2) is 0 Å². The minimum atomic E-state index is -0.305. The normalized spacial score (nSPS) is 10.6. The minimum absolute atomic E-state index is 0.299. The van der Waals surface area contributed by atoms with Crippen molar-refractivity contribution in [2.45, 2.75) is 6.54 Å². The van der Waals surface area contributed by atoms with Gasteiger partial charge in [-0.25, -0.2) is 4.79 Å². The van der Waals surface area contributed by atoms with Gasteiger partial charge in [-0.3, -0.25) is 0 Å². The molecule has 0 spiro atoms. The second-order valence-electron chi connectivity index (χ2n) is 4.54. The van der Waals surface area contributed by atoms with Crippen LogP contribution < -0.4 is 10.4 Å². The first-order chi connectivity index (χ1) is 10.7. The molecule has 0 aliphatic heterocycles. The van der Waals surface area contributed by atoms with Crippen LogP contribution in [-0.2, 0) is 6.54 Å². The lowest BCUT2D eigenvalue weighted by Gasteiger charge is -2.05. The maximum absolute atomic E-state index is 12.2. The highest BCUT2D eigenvalue weighted by atomic mass is 35.5. The summed E-state index contributed by atoms with van der Waals surface area (Å²) < 4.78 is 8.05. The molecular weight excluding hydrogens is 304 g/mol. The lowest BCUT2D eigenvalue weighted by Crippen LogP contribution is -2.26. The number of benzene rings is 2. The molecule has 0 unspecified atom stereocenters. The number of tetrazole rings is 1. The Hall–Kier alpha value is -2.60. The fourth-order valence-corrected chi connectivity index (χ4v) is 2.13. The fraction of sp³-hybridized carbons (Fsp3) is 0.133. The van der Waals surface area contributed by atoms with Crippen molar-refractivity contribution < 1.29 is 4.74 Å². The van der Waals surface area contributed by atoms with Crippen molar-refractivity contribution in [3.63, 3.8) is 0 Å². The molecule has 2 aromatic carbocycles. The molecule has 0 amide bonds. The Morgan fingerprint density at radius 2 is 1.86 bits per heavy atom. The van der Waals surface area contributed by atoms with E-state index in [9.17, 15) is 4.79 Å². The summed E-state index contributed by atoms with van der Waals surface area (Å²) in [6, 6.07) is 16.2. The van der Waals surface area contributed by atoms with Crippen LogP contribution in [0.2, 0.25) is 5.02 Å². The summed E-state index contributed by atoms with van der Waals surface area (Å²) in [5.41, 5.74) is 0.371. The van der Waals surface area contributed by atoms with E-state index in [1.807, 2.05) is 18.2 Å². The number of hydrogen-bond acceptors (Lipinski definition) is 4. The number of ether oxygens (including phenoxy) is 1. The lowest BCUT2D eigenvalue weighted by atomic mass is 10.3. The highest BCUT2D eigenvalue weighted by Crippen LogP contribution is 2.16. The number of aromatic nitrogens is 4. The van der Waals surface area contributed by atoms with Gasteiger partial charge in [0.2, 0.25) is 0 Å². The van der Waals surface area contributed by atoms with E-state index < -0.39 is 0 Å². The van der Waals surface area contributed by atoms with E-state index in [1.54, 1.807) is 36.4 Å². The monoisotopic (exact) mass is 316 g/mol. The van der Waals surface area contributed by atoms with E-state index in [-0.39, 0.29) is 5.69 Å². The lowest BCUT2D eigenvalue weighted by molar-refractivity contribution is 0.287. The van der Waals surface area contributed by atoms with Gasteiger partial charge in [0.1, 0.15) is 12.4 Å². The van der Waals surface area contributed by atoms with Crippen molar-refractivity contribution in [1.82, 2.24) is 19.8 Å². The predicted octanol–water partition coefficient (Wildman–Crippen LogP) is 2.16. The molecule has 0 bridgehead atoms. The molecule has 0 aliphatic rings. The van der Waals surface area contributed by atoms with Crippen LogP contribution >= 0.6 is 11.6 Å². The van der Waals surface area contributed by atoms with Crippen LogP contribution in [0.25, 0.3) is 5.69 Å². The first kappa shape index (κ1) is 14.3. The SMILES string of the molecule is O=c1n(CCOc2cccc(Cl)c2)nnn1-c1ccccc1. The molecule has 1 aromatic heterocycles. The van der Waals surface area contributed by atoms with E-state index in [1.165, 1.54) is 9.36 Å². The Labute approximate surface area is 131 Å². The molecule has 0 radical (unpaired) electrons. The quantitative estimate of drug-likeness (QED) is 0.723. The van der Waals surface area contributed by atoms with Gasteiger partial charge < -0.3 is 4.74 Å². The average molecular weight is 317 g/mol. The maximum Gasteiger partial charge on any atom is 0.368 e. The number of nitrogens with zero attached hydrogens (tertiary/aromatic N) is 4. The van der Waals surface area contributed by atoms with Crippen molar-refractivity contribution >= 4 is 11.6 Å². The Morgan fingerprint density at radius 1 is 1.05 bits per heavy atom. The number of rotatable bonds is 5. The summed E-state index contributed by atoms with van der Waals surface area (Å²) in [4.78, 5) is 12.2. The van der Waals surface area contributed by atoms with Crippen LogP contribution in [0, 0.1) is 0 Å². The third kappa shape index (κ3) is 3.17. The van der Waals surface area contributed by atoms with E-state index >= 15 is 0 Å². The number of para-hydroxylation sites is 1. The molecule has 0 aliphatic carbocycles. The third-order valence-corrected chi connectivity index (χ3v) is 3.24. The summed E-state index contributed by atoms with van der Waals surface area (Å²) in [5, 5.41) is 8.32. The van der Waals surface area contributed by atoms with E-state index in [0.717, 1.165) is 0 Å². The second kappa shape index (κ2) is 6.44. The molecule has 0 fully saturated rings. The molecule has 3 rings (SSSR count). The van der Waals surface area contributed by atoms with Crippen molar-refractivity contribution in [2.75, 3.05) is 6.61 Å². The van der Waals surface area contributed by atoms with Crippen LogP contribution in [0.3, 0.4) is 0 Å². The first-order valence-corrected chi connectivity index (χ1v) is 7.08. The highest BCUT2D eigenvalue weighted by Gasteiger charge is 2.08. The van der Waals surface area contributed by atoms with Gasteiger partial charge >= 0.3 is 5.69 Å². The van der Waals surface area contributed by atoms with Crippen molar-refractivity contribution in [3.05, 3.63) is 70.1 Å². The summed E-state index contributed by atoms with van der Waals surface area (Å²) in [6.07, 6.45) is 0. The molecule has 6 nitrogen and oxygen atoms in total. The van der Waals surface area contributed by atoms with E-state index in [0.29, 0.717) is 29.6 Å². The van der Waals surface area contributed by atoms with Crippen molar-refractivity contribution in [3.8, 4) is 11.4 Å². The van der Waals surface area contributed by atoms with Crippen molar-refractivity contribution in [1.29, 1.82) is 0 Å². The smallest absolute Gasteiger partial charge is 0.368 e. The molecule has 1 heterocycles. The van der Waals surface area contributed by atoms with Crippen LogP contribution in [-0.4, -0.2) is 26.4 Å². The third-order valence-electron chi connectivity index (χ3n) is 3.01. The van der Waals surface area contributed by atoms with Crippen LogP contribution in [0.5, 0.6) is 5.75 Å². The first-order valence-electron chi connectivity index (χ1n) is 6.71. The van der Waals surface area contributed by atoms with Gasteiger partial charge in [0.05, 0.1) is 12.2 Å². The molecule has 3 aromatic rings. The summed E-state index contributed by atoms with van der Waals surface area (Å²) in [5.74, 6) is 0.649. The molecular formula is C15H13ClN4O2. The van der Waals surface area contributed by atoms with Crippen LogP contribution in [0.1, 0.15) is 0 Å². The molecule has 0 saturated carbocycles. The standard InChI is InChI=1S/C15H13ClN4O2/c16-12-5-4-8-14(11-12)22-10-9-19-15(21)20(18-17-19)13-6-2-1-3-7-13/h1-8,11H,9-10H2. The zero-order valence-electron chi connectivity index (χ0n) is 11.6. The van der Waals surface area contributed by atoms with E-state index in [2.05, 4.69) is 10.4 Å². The molecule has 0 saturated heterocycles. The number of hydrogen-bond donors (Lipinski definition) is 0. The summed E-state index contributed by atoms with van der Waals surface area (Å²) in [7, 11) is 0. The molecule has 0 atom stereocenters.